The first-order valence-corrected chi connectivity index (χ1v) is 9.99. The van der Waals surface area contributed by atoms with Crippen LogP contribution < -0.4 is 4.72 Å². The average Bonchev–Trinajstić information content (AvgIpc) is 2.92. The molecule has 2 aliphatic rings. The van der Waals surface area contributed by atoms with Crippen molar-refractivity contribution in [2.24, 2.45) is 0 Å². The number of carbonyl (C=O) groups is 1. The van der Waals surface area contributed by atoms with Gasteiger partial charge in [0, 0.05) is 25.7 Å². The van der Waals surface area contributed by atoms with E-state index in [4.69, 9.17) is 9.26 Å². The molecule has 1 aromatic heterocycles. The Kier molecular flexibility index (Phi) is 4.67. The van der Waals surface area contributed by atoms with Gasteiger partial charge in [0.2, 0.25) is 10.0 Å². The first-order valence-electron chi connectivity index (χ1n) is 8.10. The zero-order valence-corrected chi connectivity index (χ0v) is 14.8. The highest BCUT2D eigenvalue weighted by Gasteiger charge is 2.42. The Morgan fingerprint density at radius 2 is 2.12 bits per heavy atom. The topological polar surface area (TPSA) is 102 Å². The molecule has 3 rings (SSSR count). The quantitative estimate of drug-likeness (QED) is 0.854. The van der Waals surface area contributed by atoms with E-state index >= 15 is 0 Å². The lowest BCUT2D eigenvalue weighted by molar-refractivity contribution is -0.113. The van der Waals surface area contributed by atoms with Crippen LogP contribution in [-0.4, -0.2) is 62.0 Å². The van der Waals surface area contributed by atoms with Crippen LogP contribution in [0.15, 0.2) is 10.7 Å². The molecule has 2 fully saturated rings. The highest BCUT2D eigenvalue weighted by atomic mass is 32.2. The molecule has 9 heteroatoms. The molecule has 1 N–H and O–H groups in total. The molecule has 134 valence electrons. The van der Waals surface area contributed by atoms with E-state index in [0.717, 1.165) is 0 Å². The maximum Gasteiger partial charge on any atom is 0.259 e. The molecule has 2 aliphatic heterocycles. The standard InChI is InChI=1S/C15H23N3O5S/c1-11-13(10-16-23-11)14(19)18-6-4-15(5-7-18)9-12(3-8-22-15)17-24(2,20)21/h10,12,17H,3-9H2,1-2H3/t12-/m0/s1. The summed E-state index contributed by atoms with van der Waals surface area (Å²) in [5.74, 6) is 0.442. The van der Waals surface area contributed by atoms with E-state index in [-0.39, 0.29) is 17.6 Å². The van der Waals surface area contributed by atoms with Gasteiger partial charge in [-0.05, 0) is 32.6 Å². The third kappa shape index (κ3) is 3.79. The van der Waals surface area contributed by atoms with Crippen LogP contribution in [0.4, 0.5) is 0 Å². The van der Waals surface area contributed by atoms with Gasteiger partial charge in [0.1, 0.15) is 11.3 Å². The van der Waals surface area contributed by atoms with Crippen LogP contribution in [0.2, 0.25) is 0 Å². The van der Waals surface area contributed by atoms with E-state index in [0.29, 0.717) is 56.7 Å². The highest BCUT2D eigenvalue weighted by Crippen LogP contribution is 2.35. The average molecular weight is 357 g/mol. The number of amides is 1. The van der Waals surface area contributed by atoms with E-state index < -0.39 is 10.0 Å². The number of sulfonamides is 1. The Labute approximate surface area is 141 Å². The number of hydrogen-bond donors (Lipinski definition) is 1. The SMILES string of the molecule is Cc1oncc1C(=O)N1CCC2(CC1)C[C@@H](NS(C)(=O)=O)CCO2. The normalized spacial score (nSPS) is 24.2. The zero-order chi connectivity index (χ0) is 17.4. The molecule has 0 radical (unpaired) electrons. The third-order valence-corrected chi connectivity index (χ3v) is 5.58. The molecule has 1 aromatic rings. The molecule has 0 saturated carbocycles. The van der Waals surface area contributed by atoms with Crippen molar-refractivity contribution < 1.29 is 22.5 Å². The molecule has 3 heterocycles. The van der Waals surface area contributed by atoms with Gasteiger partial charge in [-0.1, -0.05) is 5.16 Å². The Hall–Kier alpha value is -1.45. The summed E-state index contributed by atoms with van der Waals surface area (Å²) in [4.78, 5) is 14.3. The lowest BCUT2D eigenvalue weighted by Crippen LogP contribution is -2.54. The molecule has 0 unspecified atom stereocenters. The number of nitrogens with zero attached hydrogens (tertiary/aromatic N) is 2. The van der Waals surface area contributed by atoms with Crippen molar-refractivity contribution in [3.8, 4) is 0 Å². The molecule has 0 bridgehead atoms. The Morgan fingerprint density at radius 1 is 1.42 bits per heavy atom. The second-order valence-corrected chi connectivity index (χ2v) is 8.48. The van der Waals surface area contributed by atoms with E-state index in [1.54, 1.807) is 11.8 Å². The van der Waals surface area contributed by atoms with Gasteiger partial charge in [-0.15, -0.1) is 0 Å². The number of nitrogens with one attached hydrogen (secondary N) is 1. The van der Waals surface area contributed by atoms with Crippen molar-refractivity contribution in [1.82, 2.24) is 14.8 Å². The summed E-state index contributed by atoms with van der Waals surface area (Å²) in [5.41, 5.74) is 0.147. The number of ether oxygens (including phenoxy) is 1. The molecule has 24 heavy (non-hydrogen) atoms. The summed E-state index contributed by atoms with van der Waals surface area (Å²) < 4.78 is 36.5. The number of piperidine rings is 1. The first kappa shape index (κ1) is 17.4. The van der Waals surface area contributed by atoms with E-state index in [2.05, 4.69) is 9.88 Å². The van der Waals surface area contributed by atoms with Gasteiger partial charge in [0.15, 0.2) is 0 Å². The Balaban J connectivity index is 1.61. The van der Waals surface area contributed by atoms with Gasteiger partial charge < -0.3 is 14.2 Å². The largest absolute Gasteiger partial charge is 0.375 e. The summed E-state index contributed by atoms with van der Waals surface area (Å²) in [6, 6.07) is -0.101. The molecule has 1 atom stereocenters. The number of likely N-dealkylation sites (tertiary alicyclic amines) is 1. The number of aryl methyl sites for hydroxylation is 1. The zero-order valence-electron chi connectivity index (χ0n) is 13.9. The minimum Gasteiger partial charge on any atom is -0.375 e. The van der Waals surface area contributed by atoms with Gasteiger partial charge in [0.25, 0.3) is 5.91 Å². The van der Waals surface area contributed by atoms with Crippen LogP contribution in [0, 0.1) is 6.92 Å². The van der Waals surface area contributed by atoms with Gasteiger partial charge in [-0.2, -0.15) is 0 Å². The molecule has 1 amide bonds. The molecule has 0 aliphatic carbocycles. The van der Waals surface area contributed by atoms with Gasteiger partial charge in [-0.25, -0.2) is 13.1 Å². The Morgan fingerprint density at radius 3 is 2.71 bits per heavy atom. The van der Waals surface area contributed by atoms with Crippen LogP contribution in [0.3, 0.4) is 0 Å². The predicted octanol–water partition coefficient (Wildman–Crippen LogP) is 0.686. The van der Waals surface area contributed by atoms with Crippen LogP contribution in [0.5, 0.6) is 0 Å². The van der Waals surface area contributed by atoms with Crippen molar-refractivity contribution in [1.29, 1.82) is 0 Å². The van der Waals surface area contributed by atoms with Gasteiger partial charge >= 0.3 is 0 Å². The summed E-state index contributed by atoms with van der Waals surface area (Å²) in [5, 5.41) is 3.65. The van der Waals surface area contributed by atoms with E-state index in [1.807, 2.05) is 0 Å². The third-order valence-electron chi connectivity index (χ3n) is 4.82. The minimum atomic E-state index is -3.23. The number of carbonyl (C=O) groups excluding carboxylic acids is 1. The maximum atomic E-state index is 12.5. The molecular weight excluding hydrogens is 334 g/mol. The Bertz CT molecular complexity index is 706. The first-order chi connectivity index (χ1) is 11.3. The second kappa shape index (κ2) is 6.45. The fourth-order valence-corrected chi connectivity index (χ4v) is 4.38. The molecule has 1 spiro atoms. The summed E-state index contributed by atoms with van der Waals surface area (Å²) >= 11 is 0. The van der Waals surface area contributed by atoms with Crippen molar-refractivity contribution in [3.63, 3.8) is 0 Å². The van der Waals surface area contributed by atoms with Crippen LogP contribution in [0.25, 0.3) is 0 Å². The predicted molar refractivity (Wildman–Crippen MR) is 86.1 cm³/mol. The van der Waals surface area contributed by atoms with E-state index in [9.17, 15) is 13.2 Å². The summed E-state index contributed by atoms with van der Waals surface area (Å²) in [7, 11) is -3.23. The van der Waals surface area contributed by atoms with E-state index in [1.165, 1.54) is 12.5 Å². The molecular formula is C15H23N3O5S. The molecule has 8 nitrogen and oxygen atoms in total. The van der Waals surface area contributed by atoms with Crippen LogP contribution >= 0.6 is 0 Å². The van der Waals surface area contributed by atoms with Gasteiger partial charge in [-0.3, -0.25) is 4.79 Å². The number of hydrogen-bond acceptors (Lipinski definition) is 6. The fourth-order valence-electron chi connectivity index (χ4n) is 3.57. The summed E-state index contributed by atoms with van der Waals surface area (Å²) in [6.45, 7) is 3.41. The van der Waals surface area contributed by atoms with Crippen LogP contribution in [-0.2, 0) is 14.8 Å². The molecule has 2 saturated heterocycles. The van der Waals surface area contributed by atoms with Crippen molar-refractivity contribution >= 4 is 15.9 Å². The smallest absolute Gasteiger partial charge is 0.259 e. The highest BCUT2D eigenvalue weighted by molar-refractivity contribution is 7.88. The number of rotatable bonds is 3. The lowest BCUT2D eigenvalue weighted by Gasteiger charge is -2.46. The monoisotopic (exact) mass is 357 g/mol. The van der Waals surface area contributed by atoms with Crippen LogP contribution in [0.1, 0.15) is 41.8 Å². The van der Waals surface area contributed by atoms with Gasteiger partial charge in [0.05, 0.1) is 18.1 Å². The van der Waals surface area contributed by atoms with Crippen molar-refractivity contribution in [2.45, 2.75) is 44.2 Å². The summed E-state index contributed by atoms with van der Waals surface area (Å²) in [6.07, 6.45) is 5.35. The maximum absolute atomic E-state index is 12.5. The minimum absolute atomic E-state index is 0.0785. The lowest BCUT2D eigenvalue weighted by atomic mass is 9.82. The number of aromatic nitrogens is 1. The van der Waals surface area contributed by atoms with Crippen molar-refractivity contribution in [2.75, 3.05) is 26.0 Å². The molecule has 0 aromatic carbocycles. The van der Waals surface area contributed by atoms with Crippen molar-refractivity contribution in [3.05, 3.63) is 17.5 Å². The second-order valence-electron chi connectivity index (χ2n) is 6.70. The fraction of sp³-hybridized carbons (Fsp3) is 0.733.